The molecule has 0 saturated carbocycles. The minimum absolute atomic E-state index is 0.129. The Balaban J connectivity index is 1.66. The molecule has 1 unspecified atom stereocenters. The second kappa shape index (κ2) is 9.95. The monoisotopic (exact) mass is 461 g/mol. The van der Waals surface area contributed by atoms with Crippen molar-refractivity contribution in [2.24, 2.45) is 0 Å². The van der Waals surface area contributed by atoms with Crippen LogP contribution in [0.15, 0.2) is 60.7 Å². The largest absolute Gasteiger partial charge is 0.493 e. The van der Waals surface area contributed by atoms with Crippen molar-refractivity contribution >= 4 is 23.2 Å². The summed E-state index contributed by atoms with van der Waals surface area (Å²) in [6.07, 6.45) is 0.771. The van der Waals surface area contributed by atoms with Crippen LogP contribution < -0.4 is 14.8 Å². The number of nitriles is 1. The van der Waals surface area contributed by atoms with Gasteiger partial charge in [-0.3, -0.25) is 9.69 Å². The van der Waals surface area contributed by atoms with E-state index in [1.165, 1.54) is 5.56 Å². The fourth-order valence-corrected chi connectivity index (χ4v) is 4.46. The predicted octanol–water partition coefficient (Wildman–Crippen LogP) is 4.82. The van der Waals surface area contributed by atoms with E-state index in [0.717, 1.165) is 17.5 Å². The molecule has 1 aliphatic rings. The van der Waals surface area contributed by atoms with Crippen LogP contribution in [0.4, 0.5) is 5.69 Å². The zero-order chi connectivity index (χ0) is 23.4. The maximum Gasteiger partial charge on any atom is 0.238 e. The number of nitrogens with zero attached hydrogens (tertiary/aromatic N) is 2. The SMILES string of the molecule is COc1cc2c(cc1OC)C(c1ccccc1)N(CC(=O)Nc1cc(Cl)ccc1C#N)CC2. The van der Waals surface area contributed by atoms with Gasteiger partial charge in [0.25, 0.3) is 0 Å². The molecule has 3 aromatic carbocycles. The van der Waals surface area contributed by atoms with E-state index in [4.69, 9.17) is 21.1 Å². The Morgan fingerprint density at radius 1 is 1.12 bits per heavy atom. The van der Waals surface area contributed by atoms with Crippen LogP contribution in [0.5, 0.6) is 11.5 Å². The Kier molecular flexibility index (Phi) is 6.83. The van der Waals surface area contributed by atoms with Crippen LogP contribution in [-0.4, -0.2) is 38.1 Å². The van der Waals surface area contributed by atoms with Gasteiger partial charge < -0.3 is 14.8 Å². The smallest absolute Gasteiger partial charge is 0.238 e. The number of amides is 1. The molecule has 0 spiro atoms. The van der Waals surface area contributed by atoms with E-state index in [0.29, 0.717) is 34.3 Å². The molecule has 3 aromatic rings. The van der Waals surface area contributed by atoms with Gasteiger partial charge in [0.2, 0.25) is 5.91 Å². The molecule has 1 aliphatic heterocycles. The van der Waals surface area contributed by atoms with Crippen molar-refractivity contribution < 1.29 is 14.3 Å². The quantitative estimate of drug-likeness (QED) is 0.570. The summed E-state index contributed by atoms with van der Waals surface area (Å²) in [5, 5.41) is 12.7. The molecular weight excluding hydrogens is 438 g/mol. The van der Waals surface area contributed by atoms with E-state index >= 15 is 0 Å². The van der Waals surface area contributed by atoms with E-state index in [9.17, 15) is 10.1 Å². The van der Waals surface area contributed by atoms with Gasteiger partial charge in [-0.1, -0.05) is 41.9 Å². The average molecular weight is 462 g/mol. The third kappa shape index (κ3) is 4.80. The van der Waals surface area contributed by atoms with Gasteiger partial charge >= 0.3 is 0 Å². The molecule has 33 heavy (non-hydrogen) atoms. The first-order chi connectivity index (χ1) is 16.0. The molecule has 1 amide bonds. The molecule has 0 saturated heterocycles. The lowest BCUT2D eigenvalue weighted by Gasteiger charge is -2.37. The number of hydrogen-bond acceptors (Lipinski definition) is 5. The van der Waals surface area contributed by atoms with Crippen LogP contribution in [0.3, 0.4) is 0 Å². The first-order valence-corrected chi connectivity index (χ1v) is 10.9. The first kappa shape index (κ1) is 22.7. The number of rotatable bonds is 6. The molecule has 0 fully saturated rings. The standard InChI is InChI=1S/C26H24ClN3O3/c1-32-23-12-18-10-11-30(16-25(31)29-22-13-20(27)9-8-19(22)15-28)26(17-6-4-3-5-7-17)21(18)14-24(23)33-2/h3-9,12-14,26H,10-11,16H2,1-2H3,(H,29,31). The van der Waals surface area contributed by atoms with E-state index < -0.39 is 0 Å². The second-order valence-corrected chi connectivity index (χ2v) is 8.23. The number of fused-ring (bicyclic) bond motifs is 1. The molecule has 1 N–H and O–H groups in total. The highest BCUT2D eigenvalue weighted by Crippen LogP contribution is 2.40. The summed E-state index contributed by atoms with van der Waals surface area (Å²) in [6.45, 7) is 0.848. The summed E-state index contributed by atoms with van der Waals surface area (Å²) in [5.74, 6) is 1.14. The van der Waals surface area contributed by atoms with Gasteiger partial charge in [-0.05, 0) is 53.4 Å². The number of hydrogen-bond donors (Lipinski definition) is 1. The average Bonchev–Trinajstić information content (AvgIpc) is 2.83. The molecule has 0 aromatic heterocycles. The van der Waals surface area contributed by atoms with Crippen LogP contribution in [-0.2, 0) is 11.2 Å². The highest BCUT2D eigenvalue weighted by molar-refractivity contribution is 6.31. The zero-order valence-corrected chi connectivity index (χ0v) is 19.2. The number of halogens is 1. The number of methoxy groups -OCH3 is 2. The Morgan fingerprint density at radius 3 is 2.55 bits per heavy atom. The molecule has 0 bridgehead atoms. The lowest BCUT2D eigenvalue weighted by atomic mass is 9.87. The fourth-order valence-electron chi connectivity index (χ4n) is 4.29. The Labute approximate surface area is 198 Å². The van der Waals surface area contributed by atoms with Gasteiger partial charge in [-0.15, -0.1) is 0 Å². The molecular formula is C26H24ClN3O3. The maximum absolute atomic E-state index is 13.0. The number of ether oxygens (including phenoxy) is 2. The number of nitrogens with one attached hydrogen (secondary N) is 1. The van der Waals surface area contributed by atoms with Crippen molar-refractivity contribution in [3.63, 3.8) is 0 Å². The number of benzene rings is 3. The summed E-state index contributed by atoms with van der Waals surface area (Å²) in [7, 11) is 3.25. The van der Waals surface area contributed by atoms with E-state index in [1.807, 2.05) is 30.3 Å². The molecule has 7 heteroatoms. The summed E-state index contributed by atoms with van der Waals surface area (Å²) in [4.78, 5) is 15.2. The molecule has 0 aliphatic carbocycles. The lowest BCUT2D eigenvalue weighted by molar-refractivity contribution is -0.117. The minimum atomic E-state index is -0.210. The number of carbonyl (C=O) groups is 1. The van der Waals surface area contributed by atoms with Gasteiger partial charge in [0, 0.05) is 11.6 Å². The van der Waals surface area contributed by atoms with Crippen molar-refractivity contribution in [1.29, 1.82) is 5.26 Å². The van der Waals surface area contributed by atoms with Crippen LogP contribution >= 0.6 is 11.6 Å². The fraction of sp³-hybridized carbons (Fsp3) is 0.231. The third-order valence-electron chi connectivity index (χ3n) is 5.81. The van der Waals surface area contributed by atoms with Crippen LogP contribution in [0, 0.1) is 11.3 Å². The van der Waals surface area contributed by atoms with Crippen molar-refractivity contribution in [1.82, 2.24) is 4.90 Å². The normalized spacial score (nSPS) is 15.3. The number of anilines is 1. The Bertz CT molecular complexity index is 1210. The summed E-state index contributed by atoms with van der Waals surface area (Å²) < 4.78 is 11.0. The highest BCUT2D eigenvalue weighted by atomic mass is 35.5. The molecule has 1 atom stereocenters. The van der Waals surface area contributed by atoms with Gasteiger partial charge in [-0.25, -0.2) is 0 Å². The molecule has 0 radical (unpaired) electrons. The highest BCUT2D eigenvalue weighted by Gasteiger charge is 2.31. The van der Waals surface area contributed by atoms with Crippen LogP contribution in [0.2, 0.25) is 5.02 Å². The molecule has 1 heterocycles. The third-order valence-corrected chi connectivity index (χ3v) is 6.05. The van der Waals surface area contributed by atoms with Crippen molar-refractivity contribution in [2.75, 3.05) is 32.6 Å². The van der Waals surface area contributed by atoms with E-state index in [-0.39, 0.29) is 18.5 Å². The minimum Gasteiger partial charge on any atom is -0.493 e. The predicted molar refractivity (Wildman–Crippen MR) is 128 cm³/mol. The number of carbonyl (C=O) groups excluding carboxylic acids is 1. The van der Waals surface area contributed by atoms with Crippen LogP contribution in [0.1, 0.15) is 28.3 Å². The van der Waals surface area contributed by atoms with E-state index in [1.54, 1.807) is 32.4 Å². The Morgan fingerprint density at radius 2 is 1.85 bits per heavy atom. The molecule has 4 rings (SSSR count). The van der Waals surface area contributed by atoms with Crippen molar-refractivity contribution in [3.05, 3.63) is 87.9 Å². The summed E-state index contributed by atoms with van der Waals surface area (Å²) in [5.41, 5.74) is 4.11. The first-order valence-electron chi connectivity index (χ1n) is 10.6. The second-order valence-electron chi connectivity index (χ2n) is 7.79. The van der Waals surface area contributed by atoms with Crippen LogP contribution in [0.25, 0.3) is 0 Å². The molecule has 168 valence electrons. The van der Waals surface area contributed by atoms with Gasteiger partial charge in [0.1, 0.15) is 6.07 Å². The van der Waals surface area contributed by atoms with Gasteiger partial charge in [-0.2, -0.15) is 5.26 Å². The van der Waals surface area contributed by atoms with Crippen molar-refractivity contribution in [2.45, 2.75) is 12.5 Å². The van der Waals surface area contributed by atoms with Gasteiger partial charge in [0.15, 0.2) is 11.5 Å². The summed E-state index contributed by atoms with van der Waals surface area (Å²) >= 11 is 6.07. The summed E-state index contributed by atoms with van der Waals surface area (Å²) in [6, 6.07) is 20.9. The topological polar surface area (TPSA) is 74.6 Å². The Hall–Kier alpha value is -3.53. The molecule has 6 nitrogen and oxygen atoms in total. The lowest BCUT2D eigenvalue weighted by Crippen LogP contribution is -2.41. The van der Waals surface area contributed by atoms with Gasteiger partial charge in [0.05, 0.1) is 38.1 Å². The van der Waals surface area contributed by atoms with Crippen molar-refractivity contribution in [3.8, 4) is 17.6 Å². The zero-order valence-electron chi connectivity index (χ0n) is 18.5. The maximum atomic E-state index is 13.0. The van der Waals surface area contributed by atoms with E-state index in [2.05, 4.69) is 28.4 Å².